The Hall–Kier alpha value is -1.33. The number of aryl methyl sites for hydroxylation is 2. The lowest BCUT2D eigenvalue weighted by atomic mass is 10.2. The quantitative estimate of drug-likeness (QED) is 0.928. The van der Waals surface area contributed by atoms with Crippen molar-refractivity contribution in [2.24, 2.45) is 7.05 Å². The highest BCUT2D eigenvalue weighted by atomic mass is 35.5. The van der Waals surface area contributed by atoms with Gasteiger partial charge in [-0.05, 0) is 18.6 Å². The largest absolute Gasteiger partial charge is 0.323 e. The molecule has 0 unspecified atom stereocenters. The molecule has 6 heteroatoms. The molecule has 0 aliphatic rings. The van der Waals surface area contributed by atoms with Gasteiger partial charge in [-0.25, -0.2) is 0 Å². The lowest BCUT2D eigenvalue weighted by molar-refractivity contribution is -0.116. The second-order valence-electron chi connectivity index (χ2n) is 3.66. The third kappa shape index (κ3) is 3.57. The molecular formula is C11H12ClN3OS. The first-order chi connectivity index (χ1) is 8.13. The average Bonchev–Trinajstić information content (AvgIpc) is 2.85. The topological polar surface area (TPSA) is 46.9 Å². The Bertz CT molecular complexity index is 520. The van der Waals surface area contributed by atoms with E-state index in [0.29, 0.717) is 12.8 Å². The summed E-state index contributed by atoms with van der Waals surface area (Å²) in [6, 6.07) is 3.80. The first-order valence-electron chi connectivity index (χ1n) is 5.16. The summed E-state index contributed by atoms with van der Waals surface area (Å²) in [5, 5.41) is 6.77. The van der Waals surface area contributed by atoms with E-state index in [9.17, 15) is 4.79 Å². The van der Waals surface area contributed by atoms with E-state index in [4.69, 9.17) is 11.6 Å². The fourth-order valence-electron chi connectivity index (χ4n) is 1.43. The second-order valence-corrected chi connectivity index (χ2v) is 5.46. The third-order valence-electron chi connectivity index (χ3n) is 2.22. The SMILES string of the molecule is Cn1cc(NC(=O)CCc2ccc(Cl)s2)cn1. The molecule has 17 heavy (non-hydrogen) atoms. The van der Waals surface area contributed by atoms with Crippen molar-refractivity contribution < 1.29 is 4.79 Å². The summed E-state index contributed by atoms with van der Waals surface area (Å²) in [4.78, 5) is 12.7. The summed E-state index contributed by atoms with van der Waals surface area (Å²) in [5.74, 6) is -0.0116. The normalized spacial score (nSPS) is 10.5. The van der Waals surface area contributed by atoms with Gasteiger partial charge < -0.3 is 5.32 Å². The Morgan fingerprint density at radius 2 is 2.41 bits per heavy atom. The number of nitrogens with one attached hydrogen (secondary N) is 1. The van der Waals surface area contributed by atoms with Crippen LogP contribution >= 0.6 is 22.9 Å². The van der Waals surface area contributed by atoms with Crippen LogP contribution in [0, 0.1) is 0 Å². The first kappa shape index (κ1) is 12.1. The molecule has 2 aromatic heterocycles. The van der Waals surface area contributed by atoms with Gasteiger partial charge in [0.1, 0.15) is 0 Å². The van der Waals surface area contributed by atoms with E-state index in [0.717, 1.165) is 14.9 Å². The summed E-state index contributed by atoms with van der Waals surface area (Å²) < 4.78 is 2.40. The Labute approximate surface area is 108 Å². The van der Waals surface area contributed by atoms with E-state index in [-0.39, 0.29) is 5.91 Å². The second kappa shape index (κ2) is 5.33. The predicted octanol–water partition coefficient (Wildman–Crippen LogP) is 2.71. The van der Waals surface area contributed by atoms with Crippen molar-refractivity contribution >= 4 is 34.5 Å². The highest BCUT2D eigenvalue weighted by molar-refractivity contribution is 7.16. The van der Waals surface area contributed by atoms with Crippen LogP contribution in [0.4, 0.5) is 5.69 Å². The van der Waals surface area contributed by atoms with Crippen molar-refractivity contribution in [3.05, 3.63) is 33.7 Å². The molecule has 0 saturated carbocycles. The number of rotatable bonds is 4. The van der Waals surface area contributed by atoms with Crippen LogP contribution < -0.4 is 5.32 Å². The van der Waals surface area contributed by atoms with Gasteiger partial charge in [0, 0.05) is 24.5 Å². The Balaban J connectivity index is 1.82. The monoisotopic (exact) mass is 269 g/mol. The van der Waals surface area contributed by atoms with Gasteiger partial charge in [-0.3, -0.25) is 9.48 Å². The van der Waals surface area contributed by atoms with Crippen molar-refractivity contribution in [3.8, 4) is 0 Å². The number of amides is 1. The van der Waals surface area contributed by atoms with Gasteiger partial charge >= 0.3 is 0 Å². The summed E-state index contributed by atoms with van der Waals surface area (Å²) in [7, 11) is 1.81. The van der Waals surface area contributed by atoms with Crippen LogP contribution in [0.2, 0.25) is 4.34 Å². The maximum absolute atomic E-state index is 11.6. The molecule has 2 rings (SSSR count). The van der Waals surface area contributed by atoms with Crippen molar-refractivity contribution in [1.29, 1.82) is 0 Å². The molecule has 0 aliphatic heterocycles. The number of aromatic nitrogens is 2. The molecule has 2 heterocycles. The smallest absolute Gasteiger partial charge is 0.224 e. The molecule has 0 atom stereocenters. The number of hydrogen-bond acceptors (Lipinski definition) is 3. The lowest BCUT2D eigenvalue weighted by Gasteiger charge is -2.00. The lowest BCUT2D eigenvalue weighted by Crippen LogP contribution is -2.11. The molecule has 0 fully saturated rings. The molecule has 2 aromatic rings. The average molecular weight is 270 g/mol. The number of hydrogen-bond donors (Lipinski definition) is 1. The Morgan fingerprint density at radius 3 is 3.00 bits per heavy atom. The van der Waals surface area contributed by atoms with E-state index >= 15 is 0 Å². The maximum atomic E-state index is 11.6. The fraction of sp³-hybridized carbons (Fsp3) is 0.273. The van der Waals surface area contributed by atoms with Gasteiger partial charge in [0.25, 0.3) is 0 Å². The molecular weight excluding hydrogens is 258 g/mol. The van der Waals surface area contributed by atoms with Crippen LogP contribution in [0.3, 0.4) is 0 Å². The number of thiophene rings is 1. The molecule has 4 nitrogen and oxygen atoms in total. The van der Waals surface area contributed by atoms with Crippen molar-refractivity contribution in [2.45, 2.75) is 12.8 Å². The van der Waals surface area contributed by atoms with Gasteiger partial charge in [-0.15, -0.1) is 11.3 Å². The molecule has 0 aromatic carbocycles. The number of carbonyl (C=O) groups excluding carboxylic acids is 1. The molecule has 0 aliphatic carbocycles. The van der Waals surface area contributed by atoms with Crippen LogP contribution in [-0.4, -0.2) is 15.7 Å². The van der Waals surface area contributed by atoms with Crippen LogP contribution in [-0.2, 0) is 18.3 Å². The number of halogens is 1. The van der Waals surface area contributed by atoms with Gasteiger partial charge in [0.2, 0.25) is 5.91 Å². The van der Waals surface area contributed by atoms with E-state index < -0.39 is 0 Å². The molecule has 0 saturated heterocycles. The van der Waals surface area contributed by atoms with Crippen LogP contribution in [0.15, 0.2) is 24.5 Å². The van der Waals surface area contributed by atoms with Gasteiger partial charge in [0.05, 0.1) is 16.2 Å². The number of carbonyl (C=O) groups is 1. The summed E-state index contributed by atoms with van der Waals surface area (Å²) in [6.45, 7) is 0. The molecule has 90 valence electrons. The molecule has 0 bridgehead atoms. The predicted molar refractivity (Wildman–Crippen MR) is 69.5 cm³/mol. The molecule has 1 amide bonds. The van der Waals surface area contributed by atoms with Gasteiger partial charge in [-0.1, -0.05) is 11.6 Å². The van der Waals surface area contributed by atoms with Crippen LogP contribution in [0.25, 0.3) is 0 Å². The van der Waals surface area contributed by atoms with E-state index in [1.54, 1.807) is 17.1 Å². The third-order valence-corrected chi connectivity index (χ3v) is 3.51. The number of nitrogens with zero attached hydrogens (tertiary/aromatic N) is 2. The van der Waals surface area contributed by atoms with Crippen molar-refractivity contribution in [2.75, 3.05) is 5.32 Å². The van der Waals surface area contributed by atoms with Crippen LogP contribution in [0.5, 0.6) is 0 Å². The van der Waals surface area contributed by atoms with E-state index in [1.165, 1.54) is 11.3 Å². The minimum Gasteiger partial charge on any atom is -0.323 e. The van der Waals surface area contributed by atoms with Crippen LogP contribution in [0.1, 0.15) is 11.3 Å². The summed E-state index contributed by atoms with van der Waals surface area (Å²) in [6.07, 6.45) is 4.55. The summed E-state index contributed by atoms with van der Waals surface area (Å²) >= 11 is 7.32. The van der Waals surface area contributed by atoms with E-state index in [1.807, 2.05) is 19.2 Å². The van der Waals surface area contributed by atoms with Gasteiger partial charge in [-0.2, -0.15) is 5.10 Å². The zero-order chi connectivity index (χ0) is 12.3. The standard InChI is InChI=1S/C11H12ClN3OS/c1-15-7-8(6-13-15)14-11(16)5-3-9-2-4-10(12)17-9/h2,4,6-7H,3,5H2,1H3,(H,14,16). The Kier molecular flexibility index (Phi) is 3.81. The minimum absolute atomic E-state index is 0.0116. The first-order valence-corrected chi connectivity index (χ1v) is 6.35. The Morgan fingerprint density at radius 1 is 1.59 bits per heavy atom. The maximum Gasteiger partial charge on any atom is 0.224 e. The zero-order valence-electron chi connectivity index (χ0n) is 9.31. The van der Waals surface area contributed by atoms with E-state index in [2.05, 4.69) is 10.4 Å². The van der Waals surface area contributed by atoms with Crippen molar-refractivity contribution in [3.63, 3.8) is 0 Å². The fourth-order valence-corrected chi connectivity index (χ4v) is 2.52. The van der Waals surface area contributed by atoms with Crippen molar-refractivity contribution in [1.82, 2.24) is 9.78 Å². The van der Waals surface area contributed by atoms with Gasteiger partial charge in [0.15, 0.2) is 0 Å². The highest BCUT2D eigenvalue weighted by Crippen LogP contribution is 2.22. The minimum atomic E-state index is -0.0116. The summed E-state index contributed by atoms with van der Waals surface area (Å²) in [5.41, 5.74) is 0.724. The molecule has 0 spiro atoms. The molecule has 0 radical (unpaired) electrons. The zero-order valence-corrected chi connectivity index (χ0v) is 10.9. The highest BCUT2D eigenvalue weighted by Gasteiger charge is 2.05. The number of anilines is 1. The molecule has 1 N–H and O–H groups in total.